The number of rotatable bonds is 5. The Bertz CT molecular complexity index is 1330. The molecule has 3 amide bonds. The van der Waals surface area contributed by atoms with Crippen molar-refractivity contribution >= 4 is 57.4 Å². The number of halogens is 1. The van der Waals surface area contributed by atoms with Crippen LogP contribution in [-0.2, 0) is 11.8 Å². The number of imide groups is 1. The summed E-state index contributed by atoms with van der Waals surface area (Å²) in [6.45, 7) is 0.0891. The average molecular weight is 468 g/mol. The van der Waals surface area contributed by atoms with Crippen molar-refractivity contribution in [2.45, 2.75) is 0 Å². The number of hydrogen-bond acceptors (Lipinski definition) is 5. The number of amides is 3. The molecule has 162 valence electrons. The Morgan fingerprint density at radius 1 is 1.09 bits per heavy atom. The first-order chi connectivity index (χ1) is 15.3. The number of carbonyl (C=O) groups is 3. The summed E-state index contributed by atoms with van der Waals surface area (Å²) < 4.78 is 1.47. The molecule has 1 aliphatic rings. The number of thioether (sulfide) groups is 1. The first-order valence-corrected chi connectivity index (χ1v) is 10.9. The molecule has 0 saturated carbocycles. The number of fused-ring (bicyclic) bond motifs is 1. The van der Waals surface area contributed by atoms with Gasteiger partial charge in [-0.2, -0.15) is 0 Å². The fourth-order valence-corrected chi connectivity index (χ4v) is 4.37. The summed E-state index contributed by atoms with van der Waals surface area (Å²) >= 11 is 6.72. The molecular formula is C23H18ClN3O4S. The van der Waals surface area contributed by atoms with Crippen molar-refractivity contribution in [1.29, 1.82) is 0 Å². The van der Waals surface area contributed by atoms with E-state index in [0.717, 1.165) is 22.2 Å². The molecule has 2 heterocycles. The molecule has 3 aromatic rings. The van der Waals surface area contributed by atoms with Crippen molar-refractivity contribution in [1.82, 2.24) is 14.8 Å². The zero-order valence-electron chi connectivity index (χ0n) is 17.0. The minimum absolute atomic E-state index is 0.0249. The van der Waals surface area contributed by atoms with Crippen molar-refractivity contribution in [2.24, 2.45) is 7.05 Å². The Hall–Kier alpha value is -3.36. The zero-order chi connectivity index (χ0) is 22.8. The first-order valence-electron chi connectivity index (χ1n) is 9.73. The second kappa shape index (κ2) is 9.02. The number of carbonyl (C=O) groups excluding carboxylic acids is 3. The van der Waals surface area contributed by atoms with Crippen molar-refractivity contribution in [3.05, 3.63) is 86.0 Å². The number of pyridine rings is 1. The molecule has 0 bridgehead atoms. The van der Waals surface area contributed by atoms with Crippen molar-refractivity contribution in [3.8, 4) is 0 Å². The van der Waals surface area contributed by atoms with Crippen LogP contribution in [0.1, 0.15) is 15.9 Å². The standard InChI is InChI=1S/C23H18ClN3O4S/c1-26-18-5-3-2-4-16(18)17(13-20(26)28)21(29)25-10-11-27-22(30)19(32-23(27)31)12-14-6-8-15(24)9-7-14/h2-9,12-13H,10-11H2,1H3,(H,25,29)/b19-12+. The van der Waals surface area contributed by atoms with E-state index in [1.165, 1.54) is 10.6 Å². The normalized spacial score (nSPS) is 15.1. The third-order valence-electron chi connectivity index (χ3n) is 5.06. The van der Waals surface area contributed by atoms with Crippen molar-refractivity contribution < 1.29 is 14.4 Å². The van der Waals surface area contributed by atoms with Gasteiger partial charge >= 0.3 is 0 Å². The van der Waals surface area contributed by atoms with Gasteiger partial charge in [0.2, 0.25) is 0 Å². The number of para-hydroxylation sites is 1. The zero-order valence-corrected chi connectivity index (χ0v) is 18.6. The molecule has 0 aliphatic carbocycles. The first kappa shape index (κ1) is 21.9. The Kier molecular flexibility index (Phi) is 6.16. The van der Waals surface area contributed by atoms with Gasteiger partial charge < -0.3 is 9.88 Å². The maximum atomic E-state index is 12.7. The van der Waals surface area contributed by atoms with E-state index in [-0.39, 0.29) is 24.2 Å². The van der Waals surface area contributed by atoms with Gasteiger partial charge in [-0.25, -0.2) is 0 Å². The van der Waals surface area contributed by atoms with Gasteiger partial charge in [-0.15, -0.1) is 0 Å². The molecule has 2 aromatic carbocycles. The van der Waals surface area contributed by atoms with Gasteiger partial charge in [0, 0.05) is 36.6 Å². The lowest BCUT2D eigenvalue weighted by Gasteiger charge is -2.14. The van der Waals surface area contributed by atoms with Crippen LogP contribution < -0.4 is 10.9 Å². The Morgan fingerprint density at radius 2 is 1.81 bits per heavy atom. The maximum Gasteiger partial charge on any atom is 0.293 e. The van der Waals surface area contributed by atoms with Crippen LogP contribution in [0.5, 0.6) is 0 Å². The minimum Gasteiger partial charge on any atom is -0.350 e. The molecule has 7 nitrogen and oxygen atoms in total. The molecule has 1 aliphatic heterocycles. The van der Waals surface area contributed by atoms with E-state index in [4.69, 9.17) is 11.6 Å². The second-order valence-electron chi connectivity index (χ2n) is 7.11. The lowest BCUT2D eigenvalue weighted by molar-refractivity contribution is -0.122. The molecular weight excluding hydrogens is 450 g/mol. The molecule has 1 N–H and O–H groups in total. The van der Waals surface area contributed by atoms with E-state index < -0.39 is 17.1 Å². The van der Waals surface area contributed by atoms with E-state index in [2.05, 4.69) is 5.32 Å². The van der Waals surface area contributed by atoms with Gasteiger partial charge in [-0.1, -0.05) is 41.9 Å². The summed E-state index contributed by atoms with van der Waals surface area (Å²) in [6, 6.07) is 15.3. The van der Waals surface area contributed by atoms with Crippen LogP contribution >= 0.6 is 23.4 Å². The quantitative estimate of drug-likeness (QED) is 0.578. The van der Waals surface area contributed by atoms with Crippen LogP contribution in [-0.4, -0.2) is 39.6 Å². The van der Waals surface area contributed by atoms with Crippen LogP contribution in [0.25, 0.3) is 17.0 Å². The fraction of sp³-hybridized carbons (Fsp3) is 0.130. The number of nitrogens with one attached hydrogen (secondary N) is 1. The lowest BCUT2D eigenvalue weighted by atomic mass is 10.1. The van der Waals surface area contributed by atoms with Gasteiger partial charge in [0.1, 0.15) is 0 Å². The molecule has 9 heteroatoms. The number of aromatic nitrogens is 1. The molecule has 32 heavy (non-hydrogen) atoms. The van der Waals surface area contributed by atoms with E-state index >= 15 is 0 Å². The minimum atomic E-state index is -0.442. The predicted molar refractivity (Wildman–Crippen MR) is 126 cm³/mol. The van der Waals surface area contributed by atoms with Gasteiger partial charge in [0.25, 0.3) is 22.6 Å². The number of nitrogens with zero attached hydrogens (tertiary/aromatic N) is 2. The van der Waals surface area contributed by atoms with Crippen LogP contribution in [0.15, 0.2) is 64.3 Å². The van der Waals surface area contributed by atoms with Crippen molar-refractivity contribution in [3.63, 3.8) is 0 Å². The van der Waals surface area contributed by atoms with E-state index in [0.29, 0.717) is 20.8 Å². The Morgan fingerprint density at radius 3 is 2.56 bits per heavy atom. The summed E-state index contributed by atoms with van der Waals surface area (Å²) in [5, 5.41) is 3.52. The summed E-state index contributed by atoms with van der Waals surface area (Å²) in [5.74, 6) is -0.856. The van der Waals surface area contributed by atoms with E-state index in [1.807, 2.05) is 0 Å². The third-order valence-corrected chi connectivity index (χ3v) is 6.22. The monoisotopic (exact) mass is 467 g/mol. The molecule has 1 fully saturated rings. The number of benzene rings is 2. The molecule has 4 rings (SSSR count). The summed E-state index contributed by atoms with van der Waals surface area (Å²) in [5.41, 5.74) is 1.35. The molecule has 0 radical (unpaired) electrons. The van der Waals surface area contributed by atoms with Crippen LogP contribution in [0.3, 0.4) is 0 Å². The van der Waals surface area contributed by atoms with Crippen LogP contribution in [0.2, 0.25) is 5.02 Å². The van der Waals surface area contributed by atoms with Crippen LogP contribution in [0.4, 0.5) is 4.79 Å². The maximum absolute atomic E-state index is 12.7. The highest BCUT2D eigenvalue weighted by Crippen LogP contribution is 2.32. The average Bonchev–Trinajstić information content (AvgIpc) is 3.05. The molecule has 0 atom stereocenters. The highest BCUT2D eigenvalue weighted by molar-refractivity contribution is 8.18. The van der Waals surface area contributed by atoms with Gasteiger partial charge in [-0.05, 0) is 41.6 Å². The number of aryl methyl sites for hydroxylation is 1. The molecule has 1 saturated heterocycles. The fourth-order valence-electron chi connectivity index (χ4n) is 3.38. The Labute approximate surface area is 192 Å². The highest BCUT2D eigenvalue weighted by atomic mass is 35.5. The molecule has 1 aromatic heterocycles. The van der Waals surface area contributed by atoms with Crippen molar-refractivity contribution in [2.75, 3.05) is 13.1 Å². The second-order valence-corrected chi connectivity index (χ2v) is 8.54. The topological polar surface area (TPSA) is 88.5 Å². The molecule has 0 spiro atoms. The highest BCUT2D eigenvalue weighted by Gasteiger charge is 2.34. The van der Waals surface area contributed by atoms with Gasteiger partial charge in [0.15, 0.2) is 0 Å². The van der Waals surface area contributed by atoms with E-state index in [1.54, 1.807) is 61.7 Å². The predicted octanol–water partition coefficient (Wildman–Crippen LogP) is 3.66. The Balaban J connectivity index is 1.44. The number of hydrogen-bond donors (Lipinski definition) is 1. The van der Waals surface area contributed by atoms with Crippen LogP contribution in [0, 0.1) is 0 Å². The molecule has 0 unspecified atom stereocenters. The largest absolute Gasteiger partial charge is 0.350 e. The SMILES string of the molecule is Cn1c(=O)cc(C(=O)NCCN2C(=O)S/C(=C/c3ccc(Cl)cc3)C2=O)c2ccccc21. The van der Waals surface area contributed by atoms with Gasteiger partial charge in [-0.3, -0.25) is 24.1 Å². The summed E-state index contributed by atoms with van der Waals surface area (Å²) in [4.78, 5) is 51.2. The van der Waals surface area contributed by atoms with Gasteiger partial charge in [0.05, 0.1) is 16.0 Å². The third kappa shape index (κ3) is 4.32. The van der Waals surface area contributed by atoms with E-state index in [9.17, 15) is 19.2 Å². The smallest absolute Gasteiger partial charge is 0.293 e. The summed E-state index contributed by atoms with van der Waals surface area (Å²) in [7, 11) is 1.64. The lowest BCUT2D eigenvalue weighted by Crippen LogP contribution is -2.37. The summed E-state index contributed by atoms with van der Waals surface area (Å²) in [6.07, 6.45) is 1.63.